The second-order valence-electron chi connectivity index (χ2n) is 11.4. The molecule has 8 aromatic carbocycles. The fourth-order valence-electron chi connectivity index (χ4n) is 6.82. The highest BCUT2D eigenvalue weighted by molar-refractivity contribution is 6.17. The molecule has 0 aliphatic rings. The van der Waals surface area contributed by atoms with E-state index in [9.17, 15) is 15.1 Å². The molecule has 3 heterocycles. The Bertz CT molecular complexity index is 4540. The molecule has 11 rings (SSSR count). The van der Waals surface area contributed by atoms with Crippen LogP contribution in [0.1, 0.15) is 35.6 Å². The van der Waals surface area contributed by atoms with Crippen LogP contribution in [0.15, 0.2) is 187 Å². The molecular weight excluding hydrogens is 619 g/mol. The molecule has 51 heavy (non-hydrogen) atoms. The Labute approximate surface area is 331 Å². The van der Waals surface area contributed by atoms with Crippen molar-refractivity contribution in [2.45, 2.75) is 0 Å². The third kappa shape index (κ3) is 4.00. The number of rotatable bonds is 4. The molecule has 3 heteroatoms. The molecule has 0 N–H and O–H groups in total. The van der Waals surface area contributed by atoms with E-state index < -0.39 is 212 Å². The van der Waals surface area contributed by atoms with Crippen LogP contribution in [0.5, 0.6) is 0 Å². The van der Waals surface area contributed by atoms with Crippen LogP contribution in [-0.4, -0.2) is 13.7 Å². The quantitative estimate of drug-likeness (QED) is 0.176. The van der Waals surface area contributed by atoms with E-state index in [1.165, 1.54) is 28.8 Å². The summed E-state index contributed by atoms with van der Waals surface area (Å²) in [5, 5.41) is -2.38. The van der Waals surface area contributed by atoms with Crippen LogP contribution in [0.3, 0.4) is 0 Å². The molecule has 11 aromatic rings. The predicted molar refractivity (Wildman–Crippen MR) is 215 cm³/mol. The van der Waals surface area contributed by atoms with E-state index in [1.54, 1.807) is 0 Å². The van der Waals surface area contributed by atoms with Gasteiger partial charge in [-0.15, -0.1) is 0 Å². The van der Waals surface area contributed by atoms with Gasteiger partial charge in [-0.1, -0.05) is 127 Å². The second-order valence-corrected chi connectivity index (χ2v) is 11.4. The third-order valence-corrected chi connectivity index (χ3v) is 8.84. The smallest absolute Gasteiger partial charge is 0.0646 e. The van der Waals surface area contributed by atoms with E-state index in [2.05, 4.69) is 0 Å². The van der Waals surface area contributed by atoms with Crippen molar-refractivity contribution in [3.63, 3.8) is 0 Å². The molecule has 0 aliphatic heterocycles. The van der Waals surface area contributed by atoms with E-state index in [0.29, 0.717) is 0 Å². The largest absolute Gasteiger partial charge is 0.309 e. The topological polar surface area (TPSA) is 14.8 Å². The summed E-state index contributed by atoms with van der Waals surface area (Å²) in [4.78, 5) is 0. The van der Waals surface area contributed by atoms with Gasteiger partial charge in [0.05, 0.1) is 80.1 Å². The Morgan fingerprint density at radius 3 is 1.55 bits per heavy atom. The Hall–Kier alpha value is -6.84. The number of fused-ring (bicyclic) bond motifs is 9. The van der Waals surface area contributed by atoms with Gasteiger partial charge in [0.25, 0.3) is 0 Å². The molecule has 0 spiro atoms. The Kier molecular flexibility index (Phi) is 2.72. The first kappa shape index (κ1) is 12.8. The number of hydrogen-bond donors (Lipinski definition) is 0. The van der Waals surface area contributed by atoms with E-state index in [0.717, 1.165) is 15.2 Å². The van der Waals surface area contributed by atoms with E-state index in [1.807, 2.05) is 0 Å². The minimum absolute atomic E-state index is 0.0514. The van der Waals surface area contributed by atoms with Crippen LogP contribution in [0.4, 0.5) is 0 Å². The van der Waals surface area contributed by atoms with Crippen molar-refractivity contribution in [2.75, 3.05) is 0 Å². The highest BCUT2D eigenvalue weighted by Gasteiger charge is 2.21. The Balaban J connectivity index is 1.39. The van der Waals surface area contributed by atoms with Gasteiger partial charge in [0.1, 0.15) is 0 Å². The Morgan fingerprint density at radius 1 is 0.353 bits per heavy atom. The van der Waals surface area contributed by atoms with Crippen molar-refractivity contribution in [2.24, 2.45) is 0 Å². The standard InChI is InChI=1S/C48H31N3/c1-2-15-32(16-3-1)34-17-4-9-22-40(34)50-43-25-12-7-20-37(43)39-31-33(29-30-45(39)50)49-44-26-13-8-21-38(44)48-46(49)27-14-28-47(48)51-41-23-10-5-18-35(41)36-19-6-11-24-42(36)51/h1-31H/i1D,2D,3D,5D,6D,7D,8D,10D,11D,12D,13D,14D,15D,16D,18D,19D,20D,21D,23D,24D,25D,26D,27D,28D,29D,30D. The lowest BCUT2D eigenvalue weighted by atomic mass is 10.0. The molecule has 0 radical (unpaired) electrons. The fourth-order valence-corrected chi connectivity index (χ4v) is 6.82. The van der Waals surface area contributed by atoms with Crippen LogP contribution in [-0.2, 0) is 0 Å². The molecule has 0 bridgehead atoms. The number of nitrogens with zero attached hydrogens (tertiary/aromatic N) is 3. The maximum Gasteiger partial charge on any atom is 0.0646 e. The van der Waals surface area contributed by atoms with Gasteiger partial charge in [-0.25, -0.2) is 0 Å². The average molecular weight is 676 g/mol. The predicted octanol–water partition coefficient (Wildman–Crippen LogP) is 12.6. The van der Waals surface area contributed by atoms with Gasteiger partial charge in [-0.3, -0.25) is 0 Å². The zero-order valence-corrected chi connectivity index (χ0v) is 25.7. The van der Waals surface area contributed by atoms with Crippen LogP contribution in [0.25, 0.3) is 93.6 Å². The van der Waals surface area contributed by atoms with Gasteiger partial charge in [-0.2, -0.15) is 0 Å². The van der Waals surface area contributed by atoms with Crippen molar-refractivity contribution in [3.8, 4) is 28.2 Å². The molecule has 3 aromatic heterocycles. The summed E-state index contributed by atoms with van der Waals surface area (Å²) < 4.78 is 238. The van der Waals surface area contributed by atoms with Crippen LogP contribution < -0.4 is 0 Å². The van der Waals surface area contributed by atoms with Gasteiger partial charge in [0.2, 0.25) is 0 Å². The molecule has 0 unspecified atom stereocenters. The highest BCUT2D eigenvalue weighted by Crippen LogP contribution is 2.42. The first-order valence-corrected chi connectivity index (χ1v) is 15.4. The summed E-state index contributed by atoms with van der Waals surface area (Å²) in [6.45, 7) is 0. The van der Waals surface area contributed by atoms with Crippen molar-refractivity contribution in [1.29, 1.82) is 0 Å². The highest BCUT2D eigenvalue weighted by atomic mass is 15.0. The first-order chi connectivity index (χ1) is 36.1. The fraction of sp³-hybridized carbons (Fsp3) is 0. The molecular formula is C48H31N3. The molecule has 238 valence electrons. The monoisotopic (exact) mass is 675 g/mol. The lowest BCUT2D eigenvalue weighted by molar-refractivity contribution is 1.16. The van der Waals surface area contributed by atoms with E-state index in [-0.39, 0.29) is 38.6 Å². The van der Waals surface area contributed by atoms with E-state index in [4.69, 9.17) is 20.6 Å². The van der Waals surface area contributed by atoms with Gasteiger partial charge in [-0.05, 0) is 66.0 Å². The minimum atomic E-state index is -0.947. The van der Waals surface area contributed by atoms with Crippen molar-refractivity contribution in [1.82, 2.24) is 13.7 Å². The average Bonchev–Trinajstić information content (AvgIpc) is 4.30. The van der Waals surface area contributed by atoms with Crippen LogP contribution in [0, 0.1) is 0 Å². The summed E-state index contributed by atoms with van der Waals surface area (Å²) in [5.74, 6) is 0. The summed E-state index contributed by atoms with van der Waals surface area (Å²) in [6.07, 6.45) is 0. The van der Waals surface area contributed by atoms with Crippen molar-refractivity contribution < 1.29 is 35.6 Å². The molecule has 0 saturated heterocycles. The van der Waals surface area contributed by atoms with Gasteiger partial charge in [0, 0.05) is 43.6 Å². The molecule has 0 atom stereocenters. The maximum atomic E-state index is 9.87. The maximum absolute atomic E-state index is 9.87. The van der Waals surface area contributed by atoms with E-state index >= 15 is 0 Å². The van der Waals surface area contributed by atoms with Gasteiger partial charge in [0.15, 0.2) is 0 Å². The van der Waals surface area contributed by atoms with Crippen molar-refractivity contribution >= 4 is 65.4 Å². The summed E-state index contributed by atoms with van der Waals surface area (Å²) in [5.41, 5.74) is -4.35. The minimum Gasteiger partial charge on any atom is -0.309 e. The van der Waals surface area contributed by atoms with Gasteiger partial charge < -0.3 is 13.7 Å². The van der Waals surface area contributed by atoms with Gasteiger partial charge >= 0.3 is 0 Å². The second kappa shape index (κ2) is 10.8. The summed E-state index contributed by atoms with van der Waals surface area (Å²) >= 11 is 0. The summed E-state index contributed by atoms with van der Waals surface area (Å²) in [6, 6.07) is -13.4. The zero-order valence-electron chi connectivity index (χ0n) is 51.7. The zero-order chi connectivity index (χ0) is 56.1. The lowest BCUT2D eigenvalue weighted by Crippen LogP contribution is -1.98. The van der Waals surface area contributed by atoms with Crippen LogP contribution in [0.2, 0.25) is 0 Å². The Morgan fingerprint density at radius 2 is 0.863 bits per heavy atom. The lowest BCUT2D eigenvalue weighted by Gasteiger charge is -2.14. The van der Waals surface area contributed by atoms with Crippen molar-refractivity contribution in [3.05, 3.63) is 187 Å². The molecule has 0 aliphatic carbocycles. The molecule has 0 amide bonds. The number of para-hydroxylation sites is 5. The molecule has 3 nitrogen and oxygen atoms in total. The number of aromatic nitrogens is 3. The molecule has 0 saturated carbocycles. The SMILES string of the molecule is [2H]c1c([2H])c([2H])c(-c2ccccc2-n2c3c([2H])c([2H])c(-n4c5c([2H])c([2H])c([2H])c([2H])c5c5c(-n6c7c([2H])c([2H])c([2H])c([2H])c7c7c([2H])c([2H])c([2H])c([2H])c76)c([2H])c([2H])c([2H])c54)cc3c3c([2H])c([2H])c([2H])c([2H])c32)c([2H])c1[2H]. The number of benzene rings is 8. The number of hydrogen-bond acceptors (Lipinski definition) is 0. The summed E-state index contributed by atoms with van der Waals surface area (Å²) in [7, 11) is 0. The molecule has 0 fully saturated rings. The van der Waals surface area contributed by atoms with Crippen LogP contribution >= 0.6 is 0 Å². The third-order valence-electron chi connectivity index (χ3n) is 8.84. The first-order valence-electron chi connectivity index (χ1n) is 28.4. The normalized spacial score (nSPS) is 19.1.